The van der Waals surface area contributed by atoms with E-state index in [-0.39, 0.29) is 11.0 Å². The lowest BCUT2D eigenvalue weighted by molar-refractivity contribution is 0.484. The average molecular weight is 702 g/mol. The van der Waals surface area contributed by atoms with Crippen molar-refractivity contribution in [3.05, 3.63) is 174 Å². The van der Waals surface area contributed by atoms with Crippen molar-refractivity contribution in [3.63, 3.8) is 0 Å². The Morgan fingerprint density at radius 3 is 1.81 bits per heavy atom. The molecule has 0 unspecified atom stereocenters. The minimum Gasteiger partial charge on any atom is -0.366 e. The van der Waals surface area contributed by atoms with Crippen LogP contribution in [0.1, 0.15) is 57.7 Å². The highest BCUT2D eigenvalue weighted by Gasteiger charge is 2.39. The molecule has 1 aliphatic carbocycles. The van der Waals surface area contributed by atoms with Crippen molar-refractivity contribution in [2.24, 2.45) is 0 Å². The molecule has 3 nitrogen and oxygen atoms in total. The van der Waals surface area contributed by atoms with Crippen LogP contribution in [0.4, 0.5) is 22.7 Å². The molecule has 7 aromatic rings. The van der Waals surface area contributed by atoms with Crippen molar-refractivity contribution >= 4 is 22.7 Å². The number of para-hydroxylation sites is 1. The van der Waals surface area contributed by atoms with Gasteiger partial charge in [-0.15, -0.1) is 0 Å². The molecule has 2 aliphatic rings. The summed E-state index contributed by atoms with van der Waals surface area (Å²) in [6, 6.07) is 57.5. The minimum atomic E-state index is -0.138. The Balaban J connectivity index is 1.39. The van der Waals surface area contributed by atoms with E-state index in [4.69, 9.17) is 4.98 Å². The average Bonchev–Trinajstić information content (AvgIpc) is 3.44. The van der Waals surface area contributed by atoms with E-state index in [1.807, 2.05) is 0 Å². The summed E-state index contributed by atoms with van der Waals surface area (Å²) >= 11 is 0. The van der Waals surface area contributed by atoms with Gasteiger partial charge in [0.15, 0.2) is 0 Å². The molecule has 1 aromatic heterocycles. The zero-order valence-electron chi connectivity index (χ0n) is 32.0. The van der Waals surface area contributed by atoms with Crippen molar-refractivity contribution in [2.45, 2.75) is 58.4 Å². The topological polar surface area (TPSA) is 19.4 Å². The summed E-state index contributed by atoms with van der Waals surface area (Å²) in [6.07, 6.45) is 2.17. The third-order valence-corrected chi connectivity index (χ3v) is 11.5. The Morgan fingerprint density at radius 2 is 1.17 bits per heavy atom. The first-order valence-electron chi connectivity index (χ1n) is 19.4. The van der Waals surface area contributed by atoms with Crippen molar-refractivity contribution < 1.29 is 0 Å². The van der Waals surface area contributed by atoms with Crippen LogP contribution in [0, 0.1) is 0 Å². The van der Waals surface area contributed by atoms with Gasteiger partial charge in [-0.05, 0) is 103 Å². The molecule has 0 fully saturated rings. The molecule has 0 atom stereocenters. The summed E-state index contributed by atoms with van der Waals surface area (Å²) in [4.78, 5) is 10.4. The molecule has 54 heavy (non-hydrogen) atoms. The van der Waals surface area contributed by atoms with E-state index in [0.29, 0.717) is 0 Å². The maximum absolute atomic E-state index is 5.29. The fourth-order valence-electron chi connectivity index (χ4n) is 8.96. The highest BCUT2D eigenvalue weighted by atomic mass is 15.2. The van der Waals surface area contributed by atoms with Gasteiger partial charge in [0.05, 0.1) is 22.8 Å². The third-order valence-electron chi connectivity index (χ3n) is 11.5. The van der Waals surface area contributed by atoms with E-state index in [0.717, 1.165) is 59.0 Å². The maximum Gasteiger partial charge on any atom is 0.0730 e. The number of anilines is 4. The highest BCUT2D eigenvalue weighted by Crippen LogP contribution is 2.57. The second kappa shape index (κ2) is 13.2. The normalized spacial score (nSPS) is 14.3. The molecule has 9 rings (SSSR count). The number of hydrogen-bond acceptors (Lipinski definition) is 3. The second-order valence-electron chi connectivity index (χ2n) is 16.3. The molecule has 0 saturated carbocycles. The highest BCUT2D eigenvalue weighted by molar-refractivity contribution is 6.03. The quantitative estimate of drug-likeness (QED) is 0.172. The first kappa shape index (κ1) is 33.9. The molecule has 1 aliphatic heterocycles. The van der Waals surface area contributed by atoms with Crippen LogP contribution in [0.25, 0.3) is 44.8 Å². The SMILES string of the molecule is CC1(C)c2ccccc2-c2c1ccc(N(c1ccccc1)c1cc(-c3ccccc3)nc(-c3ccccc3)c1)c2-c1cccc2c1CCCN2C(C)(C)C. The summed E-state index contributed by atoms with van der Waals surface area (Å²) < 4.78 is 0. The lowest BCUT2D eigenvalue weighted by atomic mass is 9.80. The summed E-state index contributed by atoms with van der Waals surface area (Å²) in [6.45, 7) is 12.9. The molecule has 266 valence electrons. The predicted octanol–water partition coefficient (Wildman–Crippen LogP) is 13.4. The Bertz CT molecular complexity index is 2420. The molecular formula is C51H47N3. The Hall–Kier alpha value is -5.93. The molecule has 3 heteroatoms. The number of pyridine rings is 1. The van der Waals surface area contributed by atoms with Gasteiger partial charge < -0.3 is 9.80 Å². The first-order chi connectivity index (χ1) is 26.2. The smallest absolute Gasteiger partial charge is 0.0730 e. The van der Waals surface area contributed by atoms with Crippen LogP contribution in [-0.4, -0.2) is 17.1 Å². The molecule has 6 aromatic carbocycles. The van der Waals surface area contributed by atoms with Gasteiger partial charge >= 0.3 is 0 Å². The molecule has 0 saturated heterocycles. The predicted molar refractivity (Wildman–Crippen MR) is 228 cm³/mol. The number of hydrogen-bond donors (Lipinski definition) is 0. The molecular weight excluding hydrogens is 655 g/mol. The van der Waals surface area contributed by atoms with E-state index < -0.39 is 0 Å². The Labute approximate surface area is 320 Å². The molecule has 0 amide bonds. The van der Waals surface area contributed by atoms with Gasteiger partial charge in [0.2, 0.25) is 0 Å². The zero-order chi connectivity index (χ0) is 37.0. The van der Waals surface area contributed by atoms with Crippen LogP contribution in [0.5, 0.6) is 0 Å². The van der Waals surface area contributed by atoms with Crippen molar-refractivity contribution in [3.8, 4) is 44.8 Å². The van der Waals surface area contributed by atoms with E-state index in [1.165, 1.54) is 44.6 Å². The lowest BCUT2D eigenvalue weighted by Gasteiger charge is -2.42. The van der Waals surface area contributed by atoms with E-state index in [1.54, 1.807) is 0 Å². The number of rotatable bonds is 6. The van der Waals surface area contributed by atoms with Crippen molar-refractivity contribution in [2.75, 3.05) is 16.3 Å². The largest absolute Gasteiger partial charge is 0.366 e. The summed E-state index contributed by atoms with van der Waals surface area (Å²) in [5, 5.41) is 0. The van der Waals surface area contributed by atoms with Crippen LogP contribution in [-0.2, 0) is 11.8 Å². The number of nitrogens with zero attached hydrogens (tertiary/aromatic N) is 3. The minimum absolute atomic E-state index is 0.0125. The summed E-state index contributed by atoms with van der Waals surface area (Å²) in [5.41, 5.74) is 18.1. The molecule has 0 N–H and O–H groups in total. The van der Waals surface area contributed by atoms with Gasteiger partial charge in [-0.1, -0.05) is 135 Å². The first-order valence-corrected chi connectivity index (χ1v) is 19.4. The third kappa shape index (κ3) is 5.71. The molecule has 0 spiro atoms. The van der Waals surface area contributed by atoms with Crippen molar-refractivity contribution in [1.82, 2.24) is 4.98 Å². The number of benzene rings is 6. The van der Waals surface area contributed by atoms with Crippen LogP contribution in [0.15, 0.2) is 158 Å². The summed E-state index contributed by atoms with van der Waals surface area (Å²) in [5.74, 6) is 0. The second-order valence-corrected chi connectivity index (χ2v) is 16.3. The van der Waals surface area contributed by atoms with Crippen LogP contribution >= 0.6 is 0 Å². The van der Waals surface area contributed by atoms with E-state index in [9.17, 15) is 0 Å². The maximum atomic E-state index is 5.29. The van der Waals surface area contributed by atoms with Crippen LogP contribution in [0.2, 0.25) is 0 Å². The fraction of sp³-hybridized carbons (Fsp3) is 0.196. The van der Waals surface area contributed by atoms with E-state index in [2.05, 4.69) is 202 Å². The van der Waals surface area contributed by atoms with Crippen molar-refractivity contribution in [1.29, 1.82) is 0 Å². The van der Waals surface area contributed by atoms with Crippen LogP contribution in [0.3, 0.4) is 0 Å². The van der Waals surface area contributed by atoms with Gasteiger partial charge in [-0.2, -0.15) is 0 Å². The zero-order valence-corrected chi connectivity index (χ0v) is 32.0. The number of aromatic nitrogens is 1. The van der Waals surface area contributed by atoms with Crippen LogP contribution < -0.4 is 9.80 Å². The number of fused-ring (bicyclic) bond motifs is 4. The molecule has 0 radical (unpaired) electrons. The molecule has 0 bridgehead atoms. The fourth-order valence-corrected chi connectivity index (χ4v) is 8.96. The van der Waals surface area contributed by atoms with Gasteiger partial charge in [-0.25, -0.2) is 4.98 Å². The van der Waals surface area contributed by atoms with Gasteiger partial charge in [0.25, 0.3) is 0 Å². The van der Waals surface area contributed by atoms with E-state index >= 15 is 0 Å². The van der Waals surface area contributed by atoms with Gasteiger partial charge in [0, 0.05) is 45.6 Å². The van der Waals surface area contributed by atoms with Gasteiger partial charge in [-0.3, -0.25) is 0 Å². The monoisotopic (exact) mass is 701 g/mol. The molecule has 2 heterocycles. The Kier molecular flexibility index (Phi) is 8.27. The van der Waals surface area contributed by atoms with Gasteiger partial charge in [0.1, 0.15) is 0 Å². The lowest BCUT2D eigenvalue weighted by Crippen LogP contribution is -2.44. The summed E-state index contributed by atoms with van der Waals surface area (Å²) in [7, 11) is 0. The Morgan fingerprint density at radius 1 is 0.574 bits per heavy atom. The standard InChI is InChI=1S/C51H47N3/c1-50(2,3)53-32-18-27-39-40(26-17-29-46(39)53)49-47(31-30-43-48(49)41-25-15-16-28-42(41)51(43,4)5)54(37-23-13-8-14-24-37)38-33-44(35-19-9-6-10-20-35)52-45(34-38)36-21-11-7-12-22-36/h6-17,19-26,28-31,33-34H,18,27,32H2,1-5H3.